The Morgan fingerprint density at radius 2 is 1.69 bits per heavy atom. The van der Waals surface area contributed by atoms with E-state index in [1.54, 1.807) is 0 Å². The molecule has 0 heterocycles. The van der Waals surface area contributed by atoms with Crippen LogP contribution in [-0.2, 0) is 4.74 Å². The molecule has 0 bridgehead atoms. The topological polar surface area (TPSA) is 29.5 Å². The van der Waals surface area contributed by atoms with Crippen LogP contribution in [0.2, 0.25) is 0 Å². The predicted molar refractivity (Wildman–Crippen MR) is 55.6 cm³/mol. The van der Waals surface area contributed by atoms with Crippen LogP contribution in [0.15, 0.2) is 0 Å². The number of aliphatic hydroxyl groups is 1. The van der Waals surface area contributed by atoms with Gasteiger partial charge < -0.3 is 9.84 Å². The summed E-state index contributed by atoms with van der Waals surface area (Å²) in [6.07, 6.45) is 6.51. The van der Waals surface area contributed by atoms with Gasteiger partial charge in [-0.1, -0.05) is 32.6 Å². The van der Waals surface area contributed by atoms with Gasteiger partial charge >= 0.3 is 0 Å². The van der Waals surface area contributed by atoms with Crippen molar-refractivity contribution >= 4 is 0 Å². The monoisotopic (exact) mass is 188 g/mol. The molecule has 1 N–H and O–H groups in total. The Morgan fingerprint density at radius 1 is 1.08 bits per heavy atom. The number of ether oxygens (including phenoxy) is 1. The number of hydrogen-bond donors (Lipinski definition) is 1. The minimum atomic E-state index is -0.554. The molecule has 13 heavy (non-hydrogen) atoms. The zero-order valence-electron chi connectivity index (χ0n) is 9.25. The van der Waals surface area contributed by atoms with Crippen LogP contribution in [0.3, 0.4) is 0 Å². The van der Waals surface area contributed by atoms with Crippen molar-refractivity contribution in [1.82, 2.24) is 0 Å². The van der Waals surface area contributed by atoms with E-state index in [1.165, 1.54) is 25.7 Å². The summed E-state index contributed by atoms with van der Waals surface area (Å²) in [5.74, 6) is 0. The first-order valence-corrected chi connectivity index (χ1v) is 5.50. The van der Waals surface area contributed by atoms with Crippen LogP contribution in [0.4, 0.5) is 0 Å². The van der Waals surface area contributed by atoms with E-state index in [9.17, 15) is 5.11 Å². The largest absolute Gasteiger partial charge is 0.368 e. The molecule has 0 rings (SSSR count). The molecule has 0 aliphatic heterocycles. The van der Waals surface area contributed by atoms with Gasteiger partial charge in [0.1, 0.15) is 0 Å². The van der Waals surface area contributed by atoms with Gasteiger partial charge in [-0.2, -0.15) is 0 Å². The van der Waals surface area contributed by atoms with E-state index in [-0.39, 0.29) is 6.10 Å². The molecular weight excluding hydrogens is 164 g/mol. The highest BCUT2D eigenvalue weighted by atomic mass is 16.6. The van der Waals surface area contributed by atoms with Gasteiger partial charge in [0.2, 0.25) is 0 Å². The third kappa shape index (κ3) is 9.84. The highest BCUT2D eigenvalue weighted by molar-refractivity contribution is 4.48. The molecule has 0 unspecified atom stereocenters. The first-order valence-electron chi connectivity index (χ1n) is 5.50. The fourth-order valence-electron chi connectivity index (χ4n) is 1.30. The summed E-state index contributed by atoms with van der Waals surface area (Å²) < 4.78 is 5.21. The standard InChI is InChI=1S/C11H24O2/c1-4-5-6-7-8-9-11(12)13-10(2)3/h10-12H,4-9H2,1-3H3/t11-/m0/s1. The maximum atomic E-state index is 9.35. The van der Waals surface area contributed by atoms with Crippen molar-refractivity contribution in [3.63, 3.8) is 0 Å². The molecule has 0 amide bonds. The minimum absolute atomic E-state index is 0.130. The summed E-state index contributed by atoms with van der Waals surface area (Å²) >= 11 is 0. The molecule has 0 saturated heterocycles. The summed E-state index contributed by atoms with van der Waals surface area (Å²) in [7, 11) is 0. The van der Waals surface area contributed by atoms with E-state index < -0.39 is 6.29 Å². The van der Waals surface area contributed by atoms with Crippen molar-refractivity contribution in [1.29, 1.82) is 0 Å². The van der Waals surface area contributed by atoms with Crippen LogP contribution in [0, 0.1) is 0 Å². The molecule has 0 aromatic carbocycles. The zero-order valence-corrected chi connectivity index (χ0v) is 9.25. The van der Waals surface area contributed by atoms with Gasteiger partial charge in [-0.05, 0) is 26.7 Å². The van der Waals surface area contributed by atoms with Crippen LogP contribution in [-0.4, -0.2) is 17.5 Å². The van der Waals surface area contributed by atoms with Crippen molar-refractivity contribution in [2.24, 2.45) is 0 Å². The maximum Gasteiger partial charge on any atom is 0.154 e. The van der Waals surface area contributed by atoms with Crippen molar-refractivity contribution in [2.45, 2.75) is 71.7 Å². The van der Waals surface area contributed by atoms with Crippen LogP contribution >= 0.6 is 0 Å². The second-order valence-electron chi connectivity index (χ2n) is 3.84. The molecule has 0 aromatic rings. The van der Waals surface area contributed by atoms with Gasteiger partial charge in [-0.3, -0.25) is 0 Å². The van der Waals surface area contributed by atoms with Gasteiger partial charge in [0, 0.05) is 0 Å². The molecule has 80 valence electrons. The molecule has 1 atom stereocenters. The average Bonchev–Trinajstić information content (AvgIpc) is 2.02. The van der Waals surface area contributed by atoms with Gasteiger partial charge in [0.15, 0.2) is 6.29 Å². The smallest absolute Gasteiger partial charge is 0.154 e. The first kappa shape index (κ1) is 12.9. The molecule has 0 fully saturated rings. The first-order chi connectivity index (χ1) is 6.16. The third-order valence-electron chi connectivity index (χ3n) is 1.98. The highest BCUT2D eigenvalue weighted by Gasteiger charge is 2.05. The molecule has 0 aliphatic carbocycles. The van der Waals surface area contributed by atoms with Gasteiger partial charge in [-0.25, -0.2) is 0 Å². The summed E-state index contributed by atoms with van der Waals surface area (Å²) in [4.78, 5) is 0. The second-order valence-corrected chi connectivity index (χ2v) is 3.84. The highest BCUT2D eigenvalue weighted by Crippen LogP contribution is 2.08. The van der Waals surface area contributed by atoms with Crippen molar-refractivity contribution in [3.8, 4) is 0 Å². The van der Waals surface area contributed by atoms with Crippen molar-refractivity contribution in [3.05, 3.63) is 0 Å². The second kappa shape index (κ2) is 8.52. The van der Waals surface area contributed by atoms with Gasteiger partial charge in [0.05, 0.1) is 6.10 Å². The van der Waals surface area contributed by atoms with E-state index in [1.807, 2.05) is 13.8 Å². The lowest BCUT2D eigenvalue weighted by Crippen LogP contribution is -2.16. The number of unbranched alkanes of at least 4 members (excludes halogenated alkanes) is 4. The Bertz CT molecular complexity index is 102. The van der Waals surface area contributed by atoms with Crippen LogP contribution < -0.4 is 0 Å². The Morgan fingerprint density at radius 3 is 2.23 bits per heavy atom. The lowest BCUT2D eigenvalue weighted by molar-refractivity contribution is -0.129. The molecule has 0 aromatic heterocycles. The Labute approximate surface area is 82.3 Å². The number of hydrogen-bond acceptors (Lipinski definition) is 2. The molecule has 0 spiro atoms. The molecule has 0 aliphatic rings. The van der Waals surface area contributed by atoms with Gasteiger partial charge in [0.25, 0.3) is 0 Å². The Hall–Kier alpha value is -0.0800. The summed E-state index contributed by atoms with van der Waals surface area (Å²) in [6.45, 7) is 6.09. The quantitative estimate of drug-likeness (QED) is 0.468. The molecule has 0 saturated carbocycles. The molecule has 0 radical (unpaired) electrons. The van der Waals surface area contributed by atoms with Gasteiger partial charge in [-0.15, -0.1) is 0 Å². The molecular formula is C11H24O2. The van der Waals surface area contributed by atoms with E-state index in [2.05, 4.69) is 6.92 Å². The van der Waals surface area contributed by atoms with E-state index in [0.717, 1.165) is 12.8 Å². The number of aliphatic hydroxyl groups excluding tert-OH is 1. The fourth-order valence-corrected chi connectivity index (χ4v) is 1.30. The number of rotatable bonds is 8. The minimum Gasteiger partial charge on any atom is -0.368 e. The van der Waals surface area contributed by atoms with E-state index in [0.29, 0.717) is 0 Å². The summed E-state index contributed by atoms with van der Waals surface area (Å²) in [6, 6.07) is 0. The van der Waals surface area contributed by atoms with Crippen LogP contribution in [0.1, 0.15) is 59.3 Å². The van der Waals surface area contributed by atoms with E-state index in [4.69, 9.17) is 4.74 Å². The third-order valence-corrected chi connectivity index (χ3v) is 1.98. The Kier molecular flexibility index (Phi) is 8.46. The summed E-state index contributed by atoms with van der Waals surface area (Å²) in [5, 5.41) is 9.35. The normalized spacial score (nSPS) is 13.6. The van der Waals surface area contributed by atoms with Crippen LogP contribution in [0.25, 0.3) is 0 Å². The lowest BCUT2D eigenvalue weighted by Gasteiger charge is -2.14. The zero-order chi connectivity index (χ0) is 10.1. The predicted octanol–water partition coefficient (Wildman–Crippen LogP) is 3.09. The summed E-state index contributed by atoms with van der Waals surface area (Å²) in [5.41, 5.74) is 0. The molecule has 2 heteroatoms. The van der Waals surface area contributed by atoms with Crippen molar-refractivity contribution < 1.29 is 9.84 Å². The van der Waals surface area contributed by atoms with Crippen LogP contribution in [0.5, 0.6) is 0 Å². The fraction of sp³-hybridized carbons (Fsp3) is 1.00. The molecule has 2 nitrogen and oxygen atoms in total. The van der Waals surface area contributed by atoms with Crippen molar-refractivity contribution in [2.75, 3.05) is 0 Å². The average molecular weight is 188 g/mol. The maximum absolute atomic E-state index is 9.35. The SMILES string of the molecule is CCCCCCC[C@@H](O)OC(C)C. The lowest BCUT2D eigenvalue weighted by atomic mass is 10.1. The Balaban J connectivity index is 3.12. The van der Waals surface area contributed by atoms with E-state index >= 15 is 0 Å².